The number of hydrogen-bond acceptors (Lipinski definition) is 4. The van der Waals surface area contributed by atoms with Crippen LogP contribution in [0.15, 0.2) is 0 Å². The Morgan fingerprint density at radius 2 is 1.96 bits per heavy atom. The molecule has 1 saturated carbocycles. The molecule has 2 fully saturated rings. The highest BCUT2D eigenvalue weighted by Crippen LogP contribution is 2.28. The molecule has 5 heteroatoms. The molecule has 2 unspecified atom stereocenters. The van der Waals surface area contributed by atoms with E-state index in [-0.39, 0.29) is 18.2 Å². The summed E-state index contributed by atoms with van der Waals surface area (Å²) in [6, 6.07) is 0.521. The van der Waals surface area contributed by atoms with Gasteiger partial charge in [-0.05, 0) is 59.8 Å². The van der Waals surface area contributed by atoms with Crippen LogP contribution in [0.2, 0.25) is 0 Å². The Kier molecular flexibility index (Phi) is 6.54. The number of carbonyl (C=O) groups is 1. The van der Waals surface area contributed by atoms with Gasteiger partial charge in [0.1, 0.15) is 5.60 Å². The minimum absolute atomic E-state index is 0.192. The normalized spacial score (nSPS) is 25.5. The molecule has 2 aliphatic rings. The molecule has 2 N–H and O–H groups in total. The minimum atomic E-state index is -0.535. The van der Waals surface area contributed by atoms with Crippen molar-refractivity contribution in [3.05, 3.63) is 0 Å². The SMILES string of the molecule is CC(CC1CCCN1C(=O)OC(C)(C)C)NCC1(O)CCCCC1. The molecule has 2 rings (SSSR count). The lowest BCUT2D eigenvalue weighted by Gasteiger charge is -2.34. The molecule has 0 aromatic carbocycles. The van der Waals surface area contributed by atoms with Crippen molar-refractivity contribution in [2.75, 3.05) is 13.1 Å². The monoisotopic (exact) mass is 340 g/mol. The molecule has 5 nitrogen and oxygen atoms in total. The Hall–Kier alpha value is -0.810. The fraction of sp³-hybridized carbons (Fsp3) is 0.947. The van der Waals surface area contributed by atoms with Crippen molar-refractivity contribution in [1.82, 2.24) is 10.2 Å². The van der Waals surface area contributed by atoms with Crippen LogP contribution >= 0.6 is 0 Å². The second-order valence-corrected chi connectivity index (χ2v) is 8.77. The van der Waals surface area contributed by atoms with Gasteiger partial charge < -0.3 is 20.1 Å². The summed E-state index contributed by atoms with van der Waals surface area (Å²) < 4.78 is 5.53. The van der Waals surface area contributed by atoms with Crippen molar-refractivity contribution in [3.8, 4) is 0 Å². The molecule has 0 radical (unpaired) electrons. The fourth-order valence-electron chi connectivity index (χ4n) is 3.88. The number of aliphatic hydroxyl groups is 1. The summed E-state index contributed by atoms with van der Waals surface area (Å²) in [6.45, 7) is 9.32. The Bertz CT molecular complexity index is 413. The highest BCUT2D eigenvalue weighted by Gasteiger charge is 2.34. The highest BCUT2D eigenvalue weighted by molar-refractivity contribution is 5.68. The first-order valence-corrected chi connectivity index (χ1v) is 9.64. The van der Waals surface area contributed by atoms with E-state index in [4.69, 9.17) is 4.74 Å². The van der Waals surface area contributed by atoms with Gasteiger partial charge in [-0.15, -0.1) is 0 Å². The quantitative estimate of drug-likeness (QED) is 0.805. The second kappa shape index (κ2) is 8.05. The Labute approximate surface area is 147 Å². The zero-order chi connectivity index (χ0) is 17.8. The standard InChI is InChI=1S/C19H36N2O3/c1-15(20-14-19(23)10-6-5-7-11-19)13-16-9-8-12-21(16)17(22)24-18(2,3)4/h15-16,20,23H,5-14H2,1-4H3. The lowest BCUT2D eigenvalue weighted by molar-refractivity contribution is 0.00134. The number of hydrogen-bond donors (Lipinski definition) is 2. The molecule has 24 heavy (non-hydrogen) atoms. The summed E-state index contributed by atoms with van der Waals surface area (Å²) in [5, 5.41) is 14.1. The Morgan fingerprint density at radius 1 is 1.29 bits per heavy atom. The molecule has 1 heterocycles. The van der Waals surface area contributed by atoms with Gasteiger partial charge in [-0.2, -0.15) is 0 Å². The smallest absolute Gasteiger partial charge is 0.410 e. The van der Waals surface area contributed by atoms with E-state index in [0.717, 1.165) is 51.5 Å². The van der Waals surface area contributed by atoms with Crippen LogP contribution in [0.3, 0.4) is 0 Å². The molecule has 1 saturated heterocycles. The van der Waals surface area contributed by atoms with Gasteiger partial charge in [0.05, 0.1) is 5.60 Å². The van der Waals surface area contributed by atoms with Crippen LogP contribution in [0.25, 0.3) is 0 Å². The number of likely N-dealkylation sites (tertiary alicyclic amines) is 1. The molecular formula is C19H36N2O3. The molecule has 140 valence electrons. The lowest BCUT2D eigenvalue weighted by Crippen LogP contribution is -2.47. The van der Waals surface area contributed by atoms with E-state index in [2.05, 4.69) is 12.2 Å². The summed E-state index contributed by atoms with van der Waals surface area (Å²) in [5.41, 5.74) is -0.981. The minimum Gasteiger partial charge on any atom is -0.444 e. The van der Waals surface area contributed by atoms with Crippen LogP contribution in [-0.2, 0) is 4.74 Å². The van der Waals surface area contributed by atoms with Crippen molar-refractivity contribution >= 4 is 6.09 Å². The van der Waals surface area contributed by atoms with Crippen LogP contribution in [-0.4, -0.2) is 52.5 Å². The van der Waals surface area contributed by atoms with E-state index in [9.17, 15) is 9.90 Å². The van der Waals surface area contributed by atoms with Gasteiger partial charge in [0.2, 0.25) is 0 Å². The number of ether oxygens (including phenoxy) is 1. The zero-order valence-corrected chi connectivity index (χ0v) is 15.9. The topological polar surface area (TPSA) is 61.8 Å². The average Bonchev–Trinajstić information content (AvgIpc) is 2.92. The van der Waals surface area contributed by atoms with Gasteiger partial charge in [0.15, 0.2) is 0 Å². The summed E-state index contributed by atoms with van der Waals surface area (Å²) in [4.78, 5) is 14.2. The van der Waals surface area contributed by atoms with Gasteiger partial charge in [-0.1, -0.05) is 19.3 Å². The second-order valence-electron chi connectivity index (χ2n) is 8.77. The number of rotatable bonds is 5. The van der Waals surface area contributed by atoms with Gasteiger partial charge >= 0.3 is 6.09 Å². The van der Waals surface area contributed by atoms with E-state index >= 15 is 0 Å². The van der Waals surface area contributed by atoms with E-state index in [1.54, 1.807) is 0 Å². The van der Waals surface area contributed by atoms with E-state index in [1.807, 2.05) is 25.7 Å². The van der Waals surface area contributed by atoms with Crippen LogP contribution in [0.5, 0.6) is 0 Å². The van der Waals surface area contributed by atoms with E-state index in [0.29, 0.717) is 6.54 Å². The van der Waals surface area contributed by atoms with Crippen molar-refractivity contribution in [1.29, 1.82) is 0 Å². The average molecular weight is 341 g/mol. The maximum absolute atomic E-state index is 12.4. The summed E-state index contributed by atoms with van der Waals surface area (Å²) in [5.74, 6) is 0. The number of nitrogens with zero attached hydrogens (tertiary/aromatic N) is 1. The molecule has 0 bridgehead atoms. The van der Waals surface area contributed by atoms with E-state index < -0.39 is 11.2 Å². The predicted octanol–water partition coefficient (Wildman–Crippen LogP) is 3.45. The van der Waals surface area contributed by atoms with Gasteiger partial charge in [-0.25, -0.2) is 4.79 Å². The molecule has 1 amide bonds. The summed E-state index contributed by atoms with van der Waals surface area (Å²) >= 11 is 0. The third kappa shape index (κ3) is 5.92. The summed E-state index contributed by atoms with van der Waals surface area (Å²) in [6.07, 6.45) is 8.10. The number of amides is 1. The van der Waals surface area contributed by atoms with Crippen LogP contribution < -0.4 is 5.32 Å². The number of nitrogens with one attached hydrogen (secondary N) is 1. The van der Waals surface area contributed by atoms with Crippen LogP contribution in [0.1, 0.15) is 79.1 Å². The molecule has 0 spiro atoms. The Morgan fingerprint density at radius 3 is 2.58 bits per heavy atom. The molecule has 2 atom stereocenters. The van der Waals surface area contributed by atoms with Crippen molar-refractivity contribution in [2.24, 2.45) is 0 Å². The molecule has 1 aliphatic heterocycles. The molecule has 0 aromatic rings. The first-order chi connectivity index (χ1) is 11.2. The maximum atomic E-state index is 12.4. The first-order valence-electron chi connectivity index (χ1n) is 9.64. The van der Waals surface area contributed by atoms with Crippen molar-refractivity contribution in [2.45, 2.75) is 102 Å². The van der Waals surface area contributed by atoms with Crippen LogP contribution in [0.4, 0.5) is 4.79 Å². The predicted molar refractivity (Wildman–Crippen MR) is 96.1 cm³/mol. The van der Waals surface area contributed by atoms with Gasteiger partial charge in [-0.3, -0.25) is 0 Å². The zero-order valence-electron chi connectivity index (χ0n) is 15.9. The summed E-state index contributed by atoms with van der Waals surface area (Å²) in [7, 11) is 0. The Balaban J connectivity index is 1.79. The lowest BCUT2D eigenvalue weighted by atomic mass is 9.84. The van der Waals surface area contributed by atoms with Crippen LogP contribution in [0, 0.1) is 0 Å². The molecular weight excluding hydrogens is 304 g/mol. The third-order valence-corrected chi connectivity index (χ3v) is 5.19. The van der Waals surface area contributed by atoms with Gasteiger partial charge in [0, 0.05) is 25.2 Å². The van der Waals surface area contributed by atoms with Crippen molar-refractivity contribution < 1.29 is 14.6 Å². The highest BCUT2D eigenvalue weighted by atomic mass is 16.6. The van der Waals surface area contributed by atoms with E-state index in [1.165, 1.54) is 6.42 Å². The largest absolute Gasteiger partial charge is 0.444 e. The molecule has 1 aliphatic carbocycles. The fourth-order valence-corrected chi connectivity index (χ4v) is 3.88. The maximum Gasteiger partial charge on any atom is 0.410 e. The van der Waals surface area contributed by atoms with Gasteiger partial charge in [0.25, 0.3) is 0 Å². The first kappa shape index (κ1) is 19.5. The third-order valence-electron chi connectivity index (χ3n) is 5.19. The number of carbonyl (C=O) groups excluding carboxylic acids is 1. The molecule has 0 aromatic heterocycles. The van der Waals surface area contributed by atoms with Crippen molar-refractivity contribution in [3.63, 3.8) is 0 Å².